The number of hydrogen-bond donors (Lipinski definition) is 3. The van der Waals surface area contributed by atoms with Gasteiger partial charge in [0.05, 0.1) is 38.1 Å². The molecule has 4 N–H and O–H groups in total. The van der Waals surface area contributed by atoms with Crippen molar-refractivity contribution >= 4 is 54.6 Å². The SMILES string of the molecule is COc1cc(Br)c(CO/N=C2\CN(c3nc4c(cc3F)c(=O)c(C(=O)O)cn4C3CC3)CC2CN)cc1OC.CS(=O)(=O)O. The van der Waals surface area contributed by atoms with Crippen LogP contribution >= 0.6 is 15.9 Å². The Kier molecular flexibility index (Phi) is 10.1. The summed E-state index contributed by atoms with van der Waals surface area (Å²) in [4.78, 5) is 36.2. The van der Waals surface area contributed by atoms with Gasteiger partial charge in [-0.3, -0.25) is 9.35 Å². The molecule has 2 fully saturated rings. The molecule has 238 valence electrons. The van der Waals surface area contributed by atoms with Gasteiger partial charge in [-0.15, -0.1) is 0 Å². The maximum Gasteiger partial charge on any atom is 0.341 e. The molecule has 1 aromatic carbocycles. The molecule has 0 radical (unpaired) electrons. The Morgan fingerprint density at radius 2 is 1.86 bits per heavy atom. The standard InChI is InChI=1S/C26H27BrFN5O6.CH4O3S/c1-37-21-5-13(18(27)7-22(21)38-2)12-39-31-20-11-32(9-14(20)8-29)25-19(28)6-16-23(34)17(26(35)36)10-33(15-3-4-15)24(16)30-25;1-5(2,3)4/h5-7,10,14-15H,3-4,8-9,11-12,29H2,1-2H3,(H,35,36);1H3,(H,2,3,4)/b31-20+;. The number of carboxylic acid groups (broad SMARTS) is 1. The van der Waals surface area contributed by atoms with Crippen molar-refractivity contribution in [2.24, 2.45) is 16.8 Å². The number of anilines is 1. The highest BCUT2D eigenvalue weighted by molar-refractivity contribution is 9.10. The summed E-state index contributed by atoms with van der Waals surface area (Å²) in [7, 11) is -0.568. The molecule has 1 saturated heterocycles. The molecule has 17 heteroatoms. The third kappa shape index (κ3) is 7.64. The monoisotopic (exact) mass is 699 g/mol. The number of carboxylic acids is 1. The summed E-state index contributed by atoms with van der Waals surface area (Å²) in [6, 6.07) is 4.66. The Labute approximate surface area is 260 Å². The minimum absolute atomic E-state index is 0.0220. The molecule has 1 unspecified atom stereocenters. The van der Waals surface area contributed by atoms with Gasteiger partial charge in [-0.2, -0.15) is 8.42 Å². The van der Waals surface area contributed by atoms with Crippen LogP contribution in [-0.4, -0.2) is 79.4 Å². The Morgan fingerprint density at radius 1 is 1.23 bits per heavy atom. The van der Waals surface area contributed by atoms with Crippen LogP contribution < -0.4 is 25.5 Å². The smallest absolute Gasteiger partial charge is 0.341 e. The molecule has 1 saturated carbocycles. The zero-order chi connectivity index (χ0) is 32.3. The van der Waals surface area contributed by atoms with Crippen molar-refractivity contribution in [3.63, 3.8) is 0 Å². The van der Waals surface area contributed by atoms with E-state index in [2.05, 4.69) is 26.1 Å². The van der Waals surface area contributed by atoms with E-state index in [1.165, 1.54) is 6.20 Å². The van der Waals surface area contributed by atoms with Gasteiger partial charge in [0.15, 0.2) is 23.1 Å². The molecule has 44 heavy (non-hydrogen) atoms. The van der Waals surface area contributed by atoms with Crippen LogP contribution in [0.2, 0.25) is 0 Å². The fourth-order valence-electron chi connectivity index (χ4n) is 4.67. The summed E-state index contributed by atoms with van der Waals surface area (Å²) in [6.45, 7) is 0.993. The van der Waals surface area contributed by atoms with Crippen molar-refractivity contribution in [2.45, 2.75) is 25.5 Å². The second kappa shape index (κ2) is 13.5. The van der Waals surface area contributed by atoms with Gasteiger partial charge in [-0.25, -0.2) is 14.2 Å². The van der Waals surface area contributed by atoms with Crippen molar-refractivity contribution in [1.29, 1.82) is 0 Å². The number of nitrogens with two attached hydrogens (primary N) is 1. The molecule has 14 nitrogen and oxygen atoms in total. The topological polar surface area (TPSA) is 196 Å². The van der Waals surface area contributed by atoms with E-state index >= 15 is 4.39 Å². The van der Waals surface area contributed by atoms with Gasteiger partial charge >= 0.3 is 5.97 Å². The fraction of sp³-hybridized carbons (Fsp3) is 0.407. The van der Waals surface area contributed by atoms with E-state index in [1.807, 2.05) is 0 Å². The number of carbonyl (C=O) groups is 1. The zero-order valence-corrected chi connectivity index (χ0v) is 26.4. The second-order valence-electron chi connectivity index (χ2n) is 10.2. The van der Waals surface area contributed by atoms with Gasteiger partial charge in [-0.1, -0.05) is 21.1 Å². The third-order valence-electron chi connectivity index (χ3n) is 6.91. The fourth-order valence-corrected chi connectivity index (χ4v) is 5.11. The molecule has 0 spiro atoms. The molecule has 1 aliphatic heterocycles. The molecule has 3 aromatic rings. The van der Waals surface area contributed by atoms with Crippen molar-refractivity contribution in [1.82, 2.24) is 9.55 Å². The maximum atomic E-state index is 15.3. The van der Waals surface area contributed by atoms with E-state index in [1.54, 1.807) is 35.8 Å². The highest BCUT2D eigenvalue weighted by Crippen LogP contribution is 2.37. The van der Waals surface area contributed by atoms with Crippen molar-refractivity contribution in [3.05, 3.63) is 56.0 Å². The molecule has 0 bridgehead atoms. The van der Waals surface area contributed by atoms with Crippen molar-refractivity contribution in [2.75, 3.05) is 45.0 Å². The molecule has 3 heterocycles. The van der Waals surface area contributed by atoms with Gasteiger partial charge in [0.25, 0.3) is 10.1 Å². The maximum absolute atomic E-state index is 15.3. The first-order valence-electron chi connectivity index (χ1n) is 13.2. The number of methoxy groups -OCH3 is 2. The number of ether oxygens (including phenoxy) is 2. The lowest BCUT2D eigenvalue weighted by molar-refractivity contribution is 0.0694. The van der Waals surface area contributed by atoms with E-state index < -0.39 is 32.9 Å². The first kappa shape index (κ1) is 33.1. The summed E-state index contributed by atoms with van der Waals surface area (Å²) < 4.78 is 54.3. The number of rotatable bonds is 9. The van der Waals surface area contributed by atoms with E-state index in [9.17, 15) is 23.1 Å². The summed E-state index contributed by atoms with van der Waals surface area (Å²) in [6.07, 6.45) is 3.68. The van der Waals surface area contributed by atoms with Gasteiger partial charge < -0.3 is 34.6 Å². The number of hydrogen-bond acceptors (Lipinski definition) is 11. The van der Waals surface area contributed by atoms with Gasteiger partial charge in [0, 0.05) is 41.3 Å². The molecular formula is C27H31BrFN5O9S. The summed E-state index contributed by atoms with van der Waals surface area (Å²) in [5, 5.41) is 13.7. The van der Waals surface area contributed by atoms with Crippen LogP contribution in [0.3, 0.4) is 0 Å². The molecule has 2 aromatic heterocycles. The predicted molar refractivity (Wildman–Crippen MR) is 163 cm³/mol. The van der Waals surface area contributed by atoms with Crippen LogP contribution in [0.15, 0.2) is 38.8 Å². The first-order valence-corrected chi connectivity index (χ1v) is 15.8. The zero-order valence-electron chi connectivity index (χ0n) is 24.0. The van der Waals surface area contributed by atoms with E-state index in [4.69, 9.17) is 24.6 Å². The van der Waals surface area contributed by atoms with Crippen molar-refractivity contribution < 1.29 is 41.6 Å². The lowest BCUT2D eigenvalue weighted by Gasteiger charge is -2.19. The molecule has 2 aliphatic rings. The van der Waals surface area contributed by atoms with Gasteiger partial charge in [0.2, 0.25) is 5.43 Å². The quantitative estimate of drug-likeness (QED) is 0.219. The number of nitrogens with zero attached hydrogens (tertiary/aromatic N) is 4. The highest BCUT2D eigenvalue weighted by Gasteiger charge is 2.33. The van der Waals surface area contributed by atoms with E-state index in [0.717, 1.165) is 28.9 Å². The second-order valence-corrected chi connectivity index (χ2v) is 12.5. The summed E-state index contributed by atoms with van der Waals surface area (Å²) >= 11 is 3.50. The van der Waals surface area contributed by atoms with Gasteiger partial charge in [0.1, 0.15) is 17.8 Å². The lowest BCUT2D eigenvalue weighted by atomic mass is 10.1. The average Bonchev–Trinajstić information content (AvgIpc) is 3.72. The number of fused-ring (bicyclic) bond motifs is 1. The van der Waals surface area contributed by atoms with Gasteiger partial charge in [-0.05, 0) is 31.0 Å². The summed E-state index contributed by atoms with van der Waals surface area (Å²) in [5.41, 5.74) is 6.51. The van der Waals surface area contributed by atoms with Crippen LogP contribution in [0, 0.1) is 11.7 Å². The van der Waals surface area contributed by atoms with Crippen LogP contribution in [0.25, 0.3) is 11.0 Å². The summed E-state index contributed by atoms with van der Waals surface area (Å²) in [5.74, 6) is -1.10. The van der Waals surface area contributed by atoms with Crippen LogP contribution in [0.5, 0.6) is 11.5 Å². The third-order valence-corrected chi connectivity index (χ3v) is 7.65. The predicted octanol–water partition coefficient (Wildman–Crippen LogP) is 2.82. The number of halogens is 2. The normalized spacial score (nSPS) is 17.4. The number of benzene rings is 1. The number of aromatic nitrogens is 2. The Morgan fingerprint density at radius 3 is 2.43 bits per heavy atom. The average molecular weight is 701 g/mol. The van der Waals surface area contributed by atoms with Crippen LogP contribution in [-0.2, 0) is 21.6 Å². The highest BCUT2D eigenvalue weighted by atomic mass is 79.9. The molecule has 0 amide bonds. The van der Waals surface area contributed by atoms with E-state index in [0.29, 0.717) is 30.0 Å². The minimum Gasteiger partial charge on any atom is -0.493 e. The number of oxime groups is 1. The van der Waals surface area contributed by atoms with Crippen LogP contribution in [0.4, 0.5) is 10.2 Å². The molecule has 1 aliphatic carbocycles. The molecular weight excluding hydrogens is 669 g/mol. The van der Waals surface area contributed by atoms with E-state index in [-0.39, 0.29) is 48.5 Å². The minimum atomic E-state index is -3.67. The molecule has 5 rings (SSSR count). The van der Waals surface area contributed by atoms with Crippen molar-refractivity contribution in [3.8, 4) is 11.5 Å². The van der Waals surface area contributed by atoms with Crippen LogP contribution in [0.1, 0.15) is 34.8 Å². The first-order chi connectivity index (χ1) is 20.7. The number of pyridine rings is 2. The Balaban J connectivity index is 0.000000818. The number of aromatic carboxylic acids is 1. The molecule has 1 atom stereocenters. The Bertz CT molecular complexity index is 1770. The largest absolute Gasteiger partial charge is 0.493 e. The lowest BCUT2D eigenvalue weighted by Crippen LogP contribution is -2.26. The Hall–Kier alpha value is -3.80.